The van der Waals surface area contributed by atoms with Crippen LogP contribution >= 0.6 is 0 Å². The zero-order chi connectivity index (χ0) is 25.3. The summed E-state index contributed by atoms with van der Waals surface area (Å²) in [5.74, 6) is 1.61. The van der Waals surface area contributed by atoms with Gasteiger partial charge in [-0.1, -0.05) is 36.4 Å². The summed E-state index contributed by atoms with van der Waals surface area (Å²) in [5, 5.41) is 7.87. The van der Waals surface area contributed by atoms with E-state index in [-0.39, 0.29) is 12.0 Å². The number of hydrogen-bond donors (Lipinski definition) is 2. The van der Waals surface area contributed by atoms with Gasteiger partial charge in [-0.05, 0) is 43.7 Å². The fourth-order valence-electron chi connectivity index (χ4n) is 4.83. The Morgan fingerprint density at radius 1 is 1.08 bits per heavy atom. The van der Waals surface area contributed by atoms with Gasteiger partial charge in [-0.3, -0.25) is 4.79 Å². The summed E-state index contributed by atoms with van der Waals surface area (Å²) in [6.45, 7) is 3.75. The Morgan fingerprint density at radius 3 is 2.70 bits per heavy atom. The third-order valence-corrected chi connectivity index (χ3v) is 6.88. The highest BCUT2D eigenvalue weighted by atomic mass is 16.5. The maximum Gasteiger partial charge on any atom is 0.246 e. The number of carbonyl (C=O) groups is 1. The van der Waals surface area contributed by atoms with Gasteiger partial charge in [0, 0.05) is 43.7 Å². The molecule has 37 heavy (non-hydrogen) atoms. The van der Waals surface area contributed by atoms with Crippen molar-refractivity contribution < 1.29 is 14.3 Å². The molecule has 2 heterocycles. The van der Waals surface area contributed by atoms with Gasteiger partial charge in [-0.25, -0.2) is 9.97 Å². The number of nitrogens with zero attached hydrogens (tertiary/aromatic N) is 3. The minimum atomic E-state index is 0.0179. The molecule has 2 N–H and O–H groups in total. The molecule has 2 aromatic carbocycles. The van der Waals surface area contributed by atoms with Crippen LogP contribution in [0, 0.1) is 0 Å². The number of rotatable bonds is 10. The molecular formula is C29H35N5O3. The van der Waals surface area contributed by atoms with Crippen LogP contribution in [0.1, 0.15) is 31.2 Å². The number of amides is 1. The van der Waals surface area contributed by atoms with Gasteiger partial charge >= 0.3 is 0 Å². The van der Waals surface area contributed by atoms with Crippen LogP contribution in [0.25, 0.3) is 10.9 Å². The second-order valence-corrected chi connectivity index (χ2v) is 9.50. The van der Waals surface area contributed by atoms with Crippen molar-refractivity contribution >= 4 is 28.3 Å². The van der Waals surface area contributed by atoms with Crippen molar-refractivity contribution in [2.45, 2.75) is 38.2 Å². The van der Waals surface area contributed by atoms with Gasteiger partial charge in [-0.15, -0.1) is 0 Å². The average Bonchev–Trinajstić information content (AvgIpc) is 3.45. The van der Waals surface area contributed by atoms with Crippen LogP contribution < -0.4 is 15.4 Å². The molecule has 194 valence electrons. The van der Waals surface area contributed by atoms with Crippen molar-refractivity contribution in [1.29, 1.82) is 0 Å². The second kappa shape index (κ2) is 12.5. The quantitative estimate of drug-likeness (QED) is 0.397. The second-order valence-electron chi connectivity index (χ2n) is 9.50. The molecule has 1 amide bonds. The highest BCUT2D eigenvalue weighted by Crippen LogP contribution is 2.35. The van der Waals surface area contributed by atoms with E-state index >= 15 is 0 Å². The number of aromatic nitrogens is 2. The molecular weight excluding hydrogens is 466 g/mol. The molecule has 1 aliphatic heterocycles. The fraction of sp³-hybridized carbons (Fsp3) is 0.414. The van der Waals surface area contributed by atoms with Gasteiger partial charge in [0.05, 0.1) is 30.5 Å². The Bertz CT molecular complexity index is 1200. The summed E-state index contributed by atoms with van der Waals surface area (Å²) < 4.78 is 11.7. The van der Waals surface area contributed by atoms with Crippen LogP contribution in [-0.2, 0) is 16.0 Å². The van der Waals surface area contributed by atoms with Crippen molar-refractivity contribution in [3.8, 4) is 5.75 Å². The smallest absolute Gasteiger partial charge is 0.246 e. The van der Waals surface area contributed by atoms with Crippen molar-refractivity contribution in [3.63, 3.8) is 0 Å². The molecule has 2 fully saturated rings. The summed E-state index contributed by atoms with van der Waals surface area (Å²) >= 11 is 0. The lowest BCUT2D eigenvalue weighted by Gasteiger charge is -2.25. The van der Waals surface area contributed by atoms with E-state index in [0.717, 1.165) is 54.0 Å². The Kier molecular flexibility index (Phi) is 8.48. The Balaban J connectivity index is 1.31. The van der Waals surface area contributed by atoms with Gasteiger partial charge in [-0.2, -0.15) is 0 Å². The van der Waals surface area contributed by atoms with Gasteiger partial charge in [0.25, 0.3) is 0 Å². The number of ether oxygens (including phenoxy) is 2. The van der Waals surface area contributed by atoms with Gasteiger partial charge in [0.2, 0.25) is 5.91 Å². The van der Waals surface area contributed by atoms with E-state index in [1.165, 1.54) is 18.4 Å². The predicted octanol–water partition coefficient (Wildman–Crippen LogP) is 4.43. The maximum absolute atomic E-state index is 12.4. The molecule has 2 aliphatic rings. The third-order valence-electron chi connectivity index (χ3n) is 6.88. The maximum atomic E-state index is 12.4. The zero-order valence-corrected chi connectivity index (χ0v) is 21.2. The lowest BCUT2D eigenvalue weighted by atomic mass is 10.1. The van der Waals surface area contributed by atoms with Crippen LogP contribution in [0.2, 0.25) is 0 Å². The third kappa shape index (κ3) is 6.77. The predicted molar refractivity (Wildman–Crippen MR) is 146 cm³/mol. The first kappa shape index (κ1) is 25.0. The minimum absolute atomic E-state index is 0.0179. The summed E-state index contributed by atoms with van der Waals surface area (Å²) in [6, 6.07) is 14.5. The standard InChI is InChI=1S/C29H35N5O3/c35-28(34-15-17-36-18-16-34)11-6-13-30-26-19-24-25(20-27(26)37-23-9-4-5-10-23)32-21-33-29(24)31-14-12-22-7-2-1-3-8-22/h1-3,6-8,11,19-21,23,30H,4-5,9-10,12-18H2,(H,31,32,33). The molecule has 1 aromatic heterocycles. The van der Waals surface area contributed by atoms with Crippen molar-refractivity contribution in [1.82, 2.24) is 14.9 Å². The Morgan fingerprint density at radius 2 is 1.89 bits per heavy atom. The molecule has 0 atom stereocenters. The first-order chi connectivity index (χ1) is 18.3. The summed E-state index contributed by atoms with van der Waals surface area (Å²) in [4.78, 5) is 23.3. The van der Waals surface area contributed by atoms with E-state index in [9.17, 15) is 4.79 Å². The van der Waals surface area contributed by atoms with Crippen LogP contribution in [-0.4, -0.2) is 66.3 Å². The highest BCUT2D eigenvalue weighted by molar-refractivity contribution is 5.93. The molecule has 1 aliphatic carbocycles. The minimum Gasteiger partial charge on any atom is -0.488 e. The highest BCUT2D eigenvalue weighted by Gasteiger charge is 2.19. The topological polar surface area (TPSA) is 88.6 Å². The molecule has 8 heteroatoms. The van der Waals surface area contributed by atoms with Crippen LogP contribution in [0.15, 0.2) is 60.9 Å². The molecule has 8 nitrogen and oxygen atoms in total. The Labute approximate surface area is 218 Å². The number of fused-ring (bicyclic) bond motifs is 1. The molecule has 3 aromatic rings. The SMILES string of the molecule is O=C(C=CCNc1cc2c(NCCc3ccccc3)ncnc2cc1OC1CCCC1)N1CCOCC1. The summed E-state index contributed by atoms with van der Waals surface area (Å²) in [5.41, 5.74) is 3.00. The van der Waals surface area contributed by atoms with Crippen molar-refractivity contribution in [2.24, 2.45) is 0 Å². The number of hydrogen-bond acceptors (Lipinski definition) is 7. The van der Waals surface area contributed by atoms with E-state index in [2.05, 4.69) is 50.9 Å². The molecule has 1 saturated heterocycles. The largest absolute Gasteiger partial charge is 0.488 e. The number of carbonyl (C=O) groups excluding carboxylic acids is 1. The van der Waals surface area contributed by atoms with E-state index in [0.29, 0.717) is 32.8 Å². The zero-order valence-electron chi connectivity index (χ0n) is 21.2. The first-order valence-electron chi connectivity index (χ1n) is 13.3. The molecule has 5 rings (SSSR count). The average molecular weight is 502 g/mol. The Hall–Kier alpha value is -3.65. The molecule has 0 spiro atoms. The fourth-order valence-corrected chi connectivity index (χ4v) is 4.83. The van der Waals surface area contributed by atoms with Gasteiger partial charge in [0.1, 0.15) is 17.9 Å². The molecule has 1 saturated carbocycles. The van der Waals surface area contributed by atoms with Gasteiger partial charge < -0.3 is 25.0 Å². The van der Waals surface area contributed by atoms with Crippen LogP contribution in [0.4, 0.5) is 11.5 Å². The van der Waals surface area contributed by atoms with E-state index < -0.39 is 0 Å². The monoisotopic (exact) mass is 501 g/mol. The lowest BCUT2D eigenvalue weighted by molar-refractivity contribution is -0.129. The number of anilines is 2. The van der Waals surface area contributed by atoms with Gasteiger partial charge in [0.15, 0.2) is 0 Å². The summed E-state index contributed by atoms with van der Waals surface area (Å²) in [7, 11) is 0. The lowest BCUT2D eigenvalue weighted by Crippen LogP contribution is -2.39. The van der Waals surface area contributed by atoms with Crippen LogP contribution in [0.3, 0.4) is 0 Å². The first-order valence-corrected chi connectivity index (χ1v) is 13.3. The normalized spacial score (nSPS) is 16.4. The molecule has 0 bridgehead atoms. The summed E-state index contributed by atoms with van der Waals surface area (Å²) in [6.07, 6.45) is 10.8. The van der Waals surface area contributed by atoms with E-state index in [1.807, 2.05) is 23.1 Å². The molecule has 0 radical (unpaired) electrons. The number of nitrogens with one attached hydrogen (secondary N) is 2. The molecule has 0 unspecified atom stereocenters. The number of benzene rings is 2. The van der Waals surface area contributed by atoms with Crippen molar-refractivity contribution in [3.05, 3.63) is 66.5 Å². The number of morpholine rings is 1. The van der Waals surface area contributed by atoms with E-state index in [1.54, 1.807) is 12.4 Å². The van der Waals surface area contributed by atoms with E-state index in [4.69, 9.17) is 9.47 Å². The van der Waals surface area contributed by atoms with Crippen LogP contribution in [0.5, 0.6) is 5.75 Å². The van der Waals surface area contributed by atoms with Crippen molar-refractivity contribution in [2.75, 3.05) is 50.0 Å².